The van der Waals surface area contributed by atoms with E-state index in [1.807, 2.05) is 6.07 Å². The zero-order valence-corrected chi connectivity index (χ0v) is 11.7. The van der Waals surface area contributed by atoms with Gasteiger partial charge in [0.05, 0.1) is 0 Å². The fourth-order valence-electron chi connectivity index (χ4n) is 1.65. The van der Waals surface area contributed by atoms with Crippen molar-refractivity contribution in [3.05, 3.63) is 63.0 Å². The van der Waals surface area contributed by atoms with Crippen LogP contribution in [0.15, 0.2) is 42.5 Å². The second-order valence-corrected chi connectivity index (χ2v) is 5.13. The summed E-state index contributed by atoms with van der Waals surface area (Å²) in [5.41, 5.74) is 3.44. The van der Waals surface area contributed by atoms with Crippen molar-refractivity contribution in [2.45, 2.75) is 13.5 Å². The molecule has 0 aliphatic carbocycles. The monoisotopic (exact) mass is 341 g/mol. The summed E-state index contributed by atoms with van der Waals surface area (Å²) in [6.07, 6.45) is 0. The van der Waals surface area contributed by atoms with Crippen molar-refractivity contribution in [3.8, 4) is 0 Å². The fourth-order valence-corrected chi connectivity index (χ4v) is 2.32. The van der Waals surface area contributed by atoms with Crippen molar-refractivity contribution in [3.63, 3.8) is 0 Å². The second kappa shape index (κ2) is 5.49. The number of benzene rings is 2. The van der Waals surface area contributed by atoms with E-state index >= 15 is 0 Å². The number of hydrogen-bond donors (Lipinski definition) is 1. The van der Waals surface area contributed by atoms with Crippen LogP contribution in [-0.2, 0) is 6.54 Å². The lowest BCUT2D eigenvalue weighted by Gasteiger charge is -2.09. The van der Waals surface area contributed by atoms with E-state index in [2.05, 4.69) is 53.0 Å². The van der Waals surface area contributed by atoms with Gasteiger partial charge in [0.15, 0.2) is 0 Å². The molecule has 0 unspecified atom stereocenters. The van der Waals surface area contributed by atoms with Crippen LogP contribution in [0.2, 0.25) is 0 Å². The Labute approximate surface area is 114 Å². The Balaban J connectivity index is 2.07. The summed E-state index contributed by atoms with van der Waals surface area (Å²) in [5, 5.41) is 3.31. The molecule has 0 fully saturated rings. The number of hydrogen-bond acceptors (Lipinski definition) is 1. The highest BCUT2D eigenvalue weighted by Crippen LogP contribution is 2.19. The van der Waals surface area contributed by atoms with Crippen LogP contribution in [0, 0.1) is 16.3 Å². The minimum Gasteiger partial charge on any atom is -0.380 e. The zero-order chi connectivity index (χ0) is 12.3. The first kappa shape index (κ1) is 12.4. The highest BCUT2D eigenvalue weighted by Gasteiger charge is 2.01. The predicted molar refractivity (Wildman–Crippen MR) is 77.6 cm³/mol. The Morgan fingerprint density at radius 2 is 2.00 bits per heavy atom. The molecule has 0 radical (unpaired) electrons. The molecule has 2 aromatic rings. The molecule has 0 aliphatic heterocycles. The molecule has 0 amide bonds. The van der Waals surface area contributed by atoms with Gasteiger partial charge in [-0.05, 0) is 53.3 Å². The van der Waals surface area contributed by atoms with Crippen LogP contribution in [0.5, 0.6) is 0 Å². The maximum atomic E-state index is 12.9. The number of aryl methyl sites for hydroxylation is 1. The summed E-state index contributed by atoms with van der Waals surface area (Å²) in [6, 6.07) is 13.1. The normalized spacial score (nSPS) is 10.3. The lowest BCUT2D eigenvalue weighted by atomic mass is 10.1. The molecule has 0 spiro atoms. The molecular formula is C14H13FIN. The number of anilines is 1. The third-order valence-electron chi connectivity index (χ3n) is 2.50. The molecule has 88 valence electrons. The molecule has 0 atom stereocenters. The van der Waals surface area contributed by atoms with E-state index in [1.165, 1.54) is 23.3 Å². The van der Waals surface area contributed by atoms with E-state index in [0.717, 1.165) is 15.8 Å². The van der Waals surface area contributed by atoms with E-state index in [0.29, 0.717) is 0 Å². The van der Waals surface area contributed by atoms with E-state index in [4.69, 9.17) is 0 Å². The Kier molecular flexibility index (Phi) is 3.99. The van der Waals surface area contributed by atoms with Gasteiger partial charge in [-0.25, -0.2) is 4.39 Å². The van der Waals surface area contributed by atoms with Crippen LogP contribution in [-0.4, -0.2) is 0 Å². The Bertz CT molecular complexity index is 525. The topological polar surface area (TPSA) is 12.0 Å². The van der Waals surface area contributed by atoms with Gasteiger partial charge in [0.25, 0.3) is 0 Å². The highest BCUT2D eigenvalue weighted by molar-refractivity contribution is 14.1. The van der Waals surface area contributed by atoms with Gasteiger partial charge in [-0.3, -0.25) is 0 Å². The molecule has 2 rings (SSSR count). The SMILES string of the molecule is Cc1cccc(CNc2ccc(F)cc2I)c1. The molecular weight excluding hydrogens is 328 g/mol. The van der Waals surface area contributed by atoms with Crippen molar-refractivity contribution in [1.82, 2.24) is 0 Å². The Hall–Kier alpha value is -1.10. The van der Waals surface area contributed by atoms with Gasteiger partial charge < -0.3 is 5.32 Å². The number of rotatable bonds is 3. The molecule has 17 heavy (non-hydrogen) atoms. The minimum absolute atomic E-state index is 0.199. The van der Waals surface area contributed by atoms with Gasteiger partial charge in [-0.2, -0.15) is 0 Å². The molecule has 0 aromatic heterocycles. The van der Waals surface area contributed by atoms with Crippen LogP contribution >= 0.6 is 22.6 Å². The quantitative estimate of drug-likeness (QED) is 0.819. The second-order valence-electron chi connectivity index (χ2n) is 3.97. The third kappa shape index (κ3) is 3.43. The fraction of sp³-hybridized carbons (Fsp3) is 0.143. The molecule has 0 aliphatic rings. The molecule has 0 saturated carbocycles. The van der Waals surface area contributed by atoms with Crippen LogP contribution in [0.4, 0.5) is 10.1 Å². The number of nitrogens with one attached hydrogen (secondary N) is 1. The molecule has 0 heterocycles. The first-order chi connectivity index (χ1) is 8.15. The van der Waals surface area contributed by atoms with Crippen molar-refractivity contribution >= 4 is 28.3 Å². The van der Waals surface area contributed by atoms with Crippen molar-refractivity contribution < 1.29 is 4.39 Å². The standard InChI is InChI=1S/C14H13FIN/c1-10-3-2-4-11(7-10)9-17-14-6-5-12(15)8-13(14)16/h2-8,17H,9H2,1H3. The van der Waals surface area contributed by atoms with Gasteiger partial charge in [-0.15, -0.1) is 0 Å². The molecule has 2 aromatic carbocycles. The van der Waals surface area contributed by atoms with Gasteiger partial charge in [0.1, 0.15) is 5.82 Å². The summed E-state index contributed by atoms with van der Waals surface area (Å²) >= 11 is 2.13. The summed E-state index contributed by atoms with van der Waals surface area (Å²) < 4.78 is 13.8. The van der Waals surface area contributed by atoms with Crippen molar-refractivity contribution in [2.24, 2.45) is 0 Å². The van der Waals surface area contributed by atoms with Crippen molar-refractivity contribution in [1.29, 1.82) is 0 Å². The van der Waals surface area contributed by atoms with Gasteiger partial charge in [-0.1, -0.05) is 29.8 Å². The van der Waals surface area contributed by atoms with Gasteiger partial charge in [0, 0.05) is 15.8 Å². The van der Waals surface area contributed by atoms with E-state index in [9.17, 15) is 4.39 Å². The molecule has 0 saturated heterocycles. The first-order valence-corrected chi connectivity index (χ1v) is 6.47. The molecule has 3 heteroatoms. The highest BCUT2D eigenvalue weighted by atomic mass is 127. The largest absolute Gasteiger partial charge is 0.380 e. The molecule has 1 N–H and O–H groups in total. The maximum absolute atomic E-state index is 12.9. The Morgan fingerprint density at radius 1 is 1.18 bits per heavy atom. The number of halogens is 2. The van der Waals surface area contributed by atoms with Crippen LogP contribution in [0.3, 0.4) is 0 Å². The Morgan fingerprint density at radius 3 is 2.71 bits per heavy atom. The van der Waals surface area contributed by atoms with Crippen LogP contribution in [0.25, 0.3) is 0 Å². The average molecular weight is 341 g/mol. The minimum atomic E-state index is -0.199. The van der Waals surface area contributed by atoms with E-state index < -0.39 is 0 Å². The van der Waals surface area contributed by atoms with Crippen LogP contribution < -0.4 is 5.32 Å². The van der Waals surface area contributed by atoms with Crippen molar-refractivity contribution in [2.75, 3.05) is 5.32 Å². The van der Waals surface area contributed by atoms with E-state index in [1.54, 1.807) is 6.07 Å². The summed E-state index contributed by atoms with van der Waals surface area (Å²) in [5.74, 6) is -0.199. The third-order valence-corrected chi connectivity index (χ3v) is 3.39. The van der Waals surface area contributed by atoms with E-state index in [-0.39, 0.29) is 5.82 Å². The van der Waals surface area contributed by atoms with Gasteiger partial charge >= 0.3 is 0 Å². The zero-order valence-electron chi connectivity index (χ0n) is 9.50. The first-order valence-electron chi connectivity index (χ1n) is 5.39. The smallest absolute Gasteiger partial charge is 0.124 e. The lowest BCUT2D eigenvalue weighted by Crippen LogP contribution is -2.01. The van der Waals surface area contributed by atoms with Gasteiger partial charge in [0.2, 0.25) is 0 Å². The summed E-state index contributed by atoms with van der Waals surface area (Å²) in [4.78, 5) is 0. The molecule has 0 bridgehead atoms. The maximum Gasteiger partial charge on any atom is 0.124 e. The summed E-state index contributed by atoms with van der Waals surface area (Å²) in [6.45, 7) is 2.83. The predicted octanol–water partition coefficient (Wildman–Crippen LogP) is 4.35. The molecule has 1 nitrogen and oxygen atoms in total. The van der Waals surface area contributed by atoms with Crippen LogP contribution in [0.1, 0.15) is 11.1 Å². The average Bonchev–Trinajstić information content (AvgIpc) is 2.28. The lowest BCUT2D eigenvalue weighted by molar-refractivity contribution is 0.627. The summed E-state index contributed by atoms with van der Waals surface area (Å²) in [7, 11) is 0.